The van der Waals surface area contributed by atoms with Gasteiger partial charge >= 0.3 is 0 Å². The first-order valence-electron chi connectivity index (χ1n) is 6.85. The van der Waals surface area contributed by atoms with Crippen molar-refractivity contribution in [2.45, 2.75) is 40.2 Å². The highest BCUT2D eigenvalue weighted by Crippen LogP contribution is 2.32. The normalized spacial score (nSPS) is 12.8. The van der Waals surface area contributed by atoms with E-state index in [-0.39, 0.29) is 11.9 Å². The molecule has 2 aromatic rings. The summed E-state index contributed by atoms with van der Waals surface area (Å²) in [5, 5.41) is 3.87. The van der Waals surface area contributed by atoms with Crippen LogP contribution < -0.4 is 11.1 Å². The van der Waals surface area contributed by atoms with Crippen molar-refractivity contribution >= 4 is 33.1 Å². The maximum absolute atomic E-state index is 12.3. The lowest BCUT2D eigenvalue weighted by molar-refractivity contribution is 0.0941. The zero-order valence-electron chi connectivity index (χ0n) is 12.4. The Kier molecular flexibility index (Phi) is 4.28. The lowest BCUT2D eigenvalue weighted by Crippen LogP contribution is -2.33. The molecule has 0 aliphatic heterocycles. The molecule has 0 aliphatic rings. The fraction of sp³-hybridized carbons (Fsp3) is 0.467. The van der Waals surface area contributed by atoms with Gasteiger partial charge in [-0.05, 0) is 38.3 Å². The second-order valence-electron chi connectivity index (χ2n) is 5.65. The van der Waals surface area contributed by atoms with Gasteiger partial charge in [0.15, 0.2) is 0 Å². The molecule has 0 fully saturated rings. The van der Waals surface area contributed by atoms with Crippen LogP contribution in [-0.4, -0.2) is 16.9 Å². The van der Waals surface area contributed by atoms with Crippen molar-refractivity contribution in [3.05, 3.63) is 22.7 Å². The highest BCUT2D eigenvalue weighted by atomic mass is 32.1. The minimum atomic E-state index is -0.101. The second kappa shape index (κ2) is 5.79. The average molecular weight is 291 g/mol. The molecule has 0 radical (unpaired) electrons. The first-order valence-corrected chi connectivity index (χ1v) is 7.66. The Balaban J connectivity index is 2.24. The number of nitrogens with zero attached hydrogens (tertiary/aromatic N) is 1. The zero-order chi connectivity index (χ0) is 14.9. The third-order valence-electron chi connectivity index (χ3n) is 3.14. The molecule has 2 aromatic heterocycles. The predicted molar refractivity (Wildman–Crippen MR) is 85.2 cm³/mol. The molecule has 1 atom stereocenters. The van der Waals surface area contributed by atoms with Crippen LogP contribution in [-0.2, 0) is 0 Å². The number of nitrogen functional groups attached to an aromatic ring is 1. The highest BCUT2D eigenvalue weighted by molar-refractivity contribution is 7.21. The van der Waals surface area contributed by atoms with Gasteiger partial charge in [-0.25, -0.2) is 4.98 Å². The van der Waals surface area contributed by atoms with Gasteiger partial charge in [0.05, 0.1) is 5.69 Å². The number of fused-ring (bicyclic) bond motifs is 1. The number of aromatic nitrogens is 1. The van der Waals surface area contributed by atoms with E-state index in [4.69, 9.17) is 5.73 Å². The number of aryl methyl sites for hydroxylation is 1. The van der Waals surface area contributed by atoms with Crippen LogP contribution in [0.1, 0.15) is 42.6 Å². The van der Waals surface area contributed by atoms with E-state index >= 15 is 0 Å². The van der Waals surface area contributed by atoms with E-state index in [9.17, 15) is 4.79 Å². The van der Waals surface area contributed by atoms with Crippen molar-refractivity contribution < 1.29 is 4.79 Å². The van der Waals surface area contributed by atoms with Crippen molar-refractivity contribution in [2.75, 3.05) is 5.73 Å². The molecule has 1 amide bonds. The standard InChI is InChI=1S/C15H21N3OS/c1-8(2)7-10(4)17-14(19)13-12(16)11-6-5-9(3)18-15(11)20-13/h5-6,8,10H,7,16H2,1-4H3,(H,17,19). The molecule has 0 aliphatic carbocycles. The van der Waals surface area contributed by atoms with Crippen LogP contribution in [0, 0.1) is 12.8 Å². The molecule has 0 saturated heterocycles. The van der Waals surface area contributed by atoms with Gasteiger partial charge in [-0.15, -0.1) is 11.3 Å². The smallest absolute Gasteiger partial charge is 0.263 e. The van der Waals surface area contributed by atoms with E-state index < -0.39 is 0 Å². The van der Waals surface area contributed by atoms with Crippen LogP contribution in [0.2, 0.25) is 0 Å². The van der Waals surface area contributed by atoms with Crippen LogP contribution in [0.3, 0.4) is 0 Å². The Bertz CT molecular complexity index is 633. The Labute approximate surface area is 123 Å². The van der Waals surface area contributed by atoms with E-state index in [1.807, 2.05) is 26.0 Å². The van der Waals surface area contributed by atoms with E-state index in [2.05, 4.69) is 24.1 Å². The maximum atomic E-state index is 12.3. The predicted octanol–water partition coefficient (Wildman–Crippen LogP) is 3.35. The minimum absolute atomic E-state index is 0.101. The molecule has 2 rings (SSSR count). The Hall–Kier alpha value is -1.62. The number of amides is 1. The van der Waals surface area contributed by atoms with Crippen molar-refractivity contribution in [1.29, 1.82) is 0 Å². The van der Waals surface area contributed by atoms with E-state index in [0.29, 0.717) is 16.5 Å². The monoisotopic (exact) mass is 291 g/mol. The lowest BCUT2D eigenvalue weighted by atomic mass is 10.1. The van der Waals surface area contributed by atoms with Crippen LogP contribution in [0.4, 0.5) is 5.69 Å². The van der Waals surface area contributed by atoms with Gasteiger partial charge in [-0.3, -0.25) is 4.79 Å². The summed E-state index contributed by atoms with van der Waals surface area (Å²) in [6.07, 6.45) is 0.952. The maximum Gasteiger partial charge on any atom is 0.263 e. The number of hydrogen-bond acceptors (Lipinski definition) is 4. The number of carbonyl (C=O) groups is 1. The molecular weight excluding hydrogens is 270 g/mol. The topological polar surface area (TPSA) is 68.0 Å². The molecular formula is C15H21N3OS. The van der Waals surface area contributed by atoms with Gasteiger partial charge in [-0.2, -0.15) is 0 Å². The first kappa shape index (κ1) is 14.8. The number of rotatable bonds is 4. The number of hydrogen-bond donors (Lipinski definition) is 2. The summed E-state index contributed by atoms with van der Waals surface area (Å²) in [4.78, 5) is 18.1. The summed E-state index contributed by atoms with van der Waals surface area (Å²) in [5.41, 5.74) is 7.54. The SMILES string of the molecule is Cc1ccc2c(N)c(C(=O)NC(C)CC(C)C)sc2n1. The molecule has 3 N–H and O–H groups in total. The molecule has 1 unspecified atom stereocenters. The van der Waals surface area contributed by atoms with Crippen molar-refractivity contribution in [3.8, 4) is 0 Å². The van der Waals surface area contributed by atoms with Gasteiger partial charge in [0.1, 0.15) is 9.71 Å². The number of carbonyl (C=O) groups excluding carboxylic acids is 1. The van der Waals surface area contributed by atoms with Gasteiger partial charge in [-0.1, -0.05) is 13.8 Å². The number of nitrogens with two attached hydrogens (primary N) is 1. The van der Waals surface area contributed by atoms with E-state index in [1.165, 1.54) is 11.3 Å². The van der Waals surface area contributed by atoms with Crippen LogP contribution in [0.5, 0.6) is 0 Å². The molecule has 2 heterocycles. The fourth-order valence-corrected chi connectivity index (χ4v) is 3.36. The summed E-state index contributed by atoms with van der Waals surface area (Å²) < 4.78 is 0. The minimum Gasteiger partial charge on any atom is -0.397 e. The molecule has 4 nitrogen and oxygen atoms in total. The summed E-state index contributed by atoms with van der Waals surface area (Å²) in [6.45, 7) is 8.23. The van der Waals surface area contributed by atoms with Gasteiger partial charge in [0.2, 0.25) is 0 Å². The third kappa shape index (κ3) is 3.10. The zero-order valence-corrected chi connectivity index (χ0v) is 13.2. The largest absolute Gasteiger partial charge is 0.397 e. The summed E-state index contributed by atoms with van der Waals surface area (Å²) >= 11 is 1.36. The van der Waals surface area contributed by atoms with Crippen LogP contribution in [0.15, 0.2) is 12.1 Å². The second-order valence-corrected chi connectivity index (χ2v) is 6.65. The first-order chi connectivity index (χ1) is 9.38. The molecule has 0 saturated carbocycles. The van der Waals surface area contributed by atoms with Crippen molar-refractivity contribution in [3.63, 3.8) is 0 Å². The number of nitrogens with one attached hydrogen (secondary N) is 1. The Morgan fingerprint density at radius 2 is 2.10 bits per heavy atom. The fourth-order valence-electron chi connectivity index (χ4n) is 2.31. The molecule has 0 aromatic carbocycles. The lowest BCUT2D eigenvalue weighted by Gasteiger charge is -2.15. The highest BCUT2D eigenvalue weighted by Gasteiger charge is 2.19. The Morgan fingerprint density at radius 3 is 2.75 bits per heavy atom. The quantitative estimate of drug-likeness (QED) is 0.907. The van der Waals surface area contributed by atoms with Crippen LogP contribution in [0.25, 0.3) is 10.2 Å². The molecule has 20 heavy (non-hydrogen) atoms. The molecule has 5 heteroatoms. The van der Waals surface area contributed by atoms with Gasteiger partial charge in [0, 0.05) is 17.1 Å². The Morgan fingerprint density at radius 1 is 1.40 bits per heavy atom. The summed E-state index contributed by atoms with van der Waals surface area (Å²) in [5.74, 6) is 0.450. The number of anilines is 1. The summed E-state index contributed by atoms with van der Waals surface area (Å²) in [6, 6.07) is 3.98. The van der Waals surface area contributed by atoms with Crippen molar-refractivity contribution in [1.82, 2.24) is 10.3 Å². The summed E-state index contributed by atoms with van der Waals surface area (Å²) in [7, 11) is 0. The van der Waals surface area contributed by atoms with Gasteiger partial charge < -0.3 is 11.1 Å². The number of pyridine rings is 1. The van der Waals surface area contributed by atoms with Crippen molar-refractivity contribution in [2.24, 2.45) is 5.92 Å². The van der Waals surface area contributed by atoms with Crippen LogP contribution >= 0.6 is 11.3 Å². The average Bonchev–Trinajstić information content (AvgIpc) is 2.65. The molecule has 0 bridgehead atoms. The van der Waals surface area contributed by atoms with E-state index in [0.717, 1.165) is 22.3 Å². The number of thiophene rings is 1. The molecule has 0 spiro atoms. The molecule has 108 valence electrons. The third-order valence-corrected chi connectivity index (χ3v) is 4.26. The van der Waals surface area contributed by atoms with Gasteiger partial charge in [0.25, 0.3) is 5.91 Å². The van der Waals surface area contributed by atoms with E-state index in [1.54, 1.807) is 0 Å².